The first kappa shape index (κ1) is 24.7. The van der Waals surface area contributed by atoms with Crippen LogP contribution in [0.15, 0.2) is 24.3 Å². The zero-order chi connectivity index (χ0) is 14.8. The number of hydrazine groups is 1. The van der Waals surface area contributed by atoms with Crippen LogP contribution < -0.4 is 9.25 Å². The molecule has 1 rings (SSSR count). The monoisotopic (exact) mass is 391 g/mol. The molecule has 1 aromatic rings. The van der Waals surface area contributed by atoms with E-state index in [-0.39, 0.29) is 113 Å². The summed E-state index contributed by atoms with van der Waals surface area (Å²) >= 11 is 0. The summed E-state index contributed by atoms with van der Waals surface area (Å²) in [6, 6.07) is 3.45. The van der Waals surface area contributed by atoms with Crippen molar-refractivity contribution >= 4 is 135 Å². The summed E-state index contributed by atoms with van der Waals surface area (Å²) in [5, 5.41) is 10.4. The van der Waals surface area contributed by atoms with E-state index in [9.17, 15) is 26.9 Å². The molecule has 0 unspecified atom stereocenters. The number of nitro benzene ring substituents is 1. The molecule has 0 aromatic heterocycles. The number of hydrogen-bond acceptors (Lipinski definition) is 6. The molecular weight excluding hydrogens is 384 g/mol. The summed E-state index contributed by atoms with van der Waals surface area (Å²) < 4.78 is 60.0. The number of non-ortho nitro benzene ring substituents is 1. The summed E-state index contributed by atoms with van der Waals surface area (Å²) in [7, 11) is -10.0. The third kappa shape index (κ3) is 8.77. The maximum Gasteiger partial charge on any atom is 0.374 e. The van der Waals surface area contributed by atoms with E-state index in [1.54, 1.807) is 0 Å². The van der Waals surface area contributed by atoms with Gasteiger partial charge in [-0.1, -0.05) is 4.83 Å². The number of nitro groups is 1. The first-order valence-electron chi connectivity index (χ1n) is 4.28. The maximum absolute atomic E-state index is 10.9. The van der Waals surface area contributed by atoms with E-state index in [0.717, 1.165) is 29.1 Å². The van der Waals surface area contributed by atoms with Gasteiger partial charge in [-0.05, 0) is 12.1 Å². The summed E-state index contributed by atoms with van der Waals surface area (Å²) in [5.74, 6) is 0. The Balaban J connectivity index is 0. The smallest absolute Gasteiger partial charge is 0.272 e. The molecule has 0 amide bonds. The van der Waals surface area contributed by atoms with Gasteiger partial charge < -0.3 is 0 Å². The molecule has 0 heterocycles. The number of anilines is 1. The SMILES string of the molecule is O=[N+]([O-])c1ccc(N(NS(=O)(=O)O)S(=O)(=O)O)cc1.[K].[K]. The fourth-order valence-corrected chi connectivity index (χ4v) is 2.41. The van der Waals surface area contributed by atoms with Crippen molar-refractivity contribution in [3.8, 4) is 0 Å². The zero-order valence-electron chi connectivity index (χ0n) is 10.9. The fraction of sp³-hybridized carbons (Fsp3) is 0. The standard InChI is InChI=1S/C6H7N3O8S2.2K/c10-9(11)6-3-1-5(2-4-6)8(19(15,16)17)7-18(12,13)14;;/h1-4,7H,(H,12,13,14)(H,15,16,17);;. The summed E-state index contributed by atoms with van der Waals surface area (Å²) in [5.41, 5.74) is -0.850. The normalized spacial score (nSPS) is 11.0. The minimum absolute atomic E-state index is 0. The van der Waals surface area contributed by atoms with Gasteiger partial charge in [0.1, 0.15) is 0 Å². The van der Waals surface area contributed by atoms with Crippen LogP contribution in [0.1, 0.15) is 0 Å². The Kier molecular flexibility index (Phi) is 11.4. The largest absolute Gasteiger partial charge is 0.374 e. The van der Waals surface area contributed by atoms with E-state index in [1.807, 2.05) is 0 Å². The zero-order valence-corrected chi connectivity index (χ0v) is 18.7. The molecule has 21 heavy (non-hydrogen) atoms. The molecule has 1 aromatic carbocycles. The Morgan fingerprint density at radius 2 is 1.48 bits per heavy atom. The van der Waals surface area contributed by atoms with Gasteiger partial charge in [0, 0.05) is 115 Å². The van der Waals surface area contributed by atoms with Crippen molar-refractivity contribution in [2.75, 3.05) is 4.41 Å². The molecule has 0 spiro atoms. The molecular formula is C6H7K2N3O8S2. The molecule has 108 valence electrons. The van der Waals surface area contributed by atoms with Gasteiger partial charge in [0.15, 0.2) is 0 Å². The van der Waals surface area contributed by atoms with Gasteiger partial charge >= 0.3 is 20.6 Å². The average molecular weight is 391 g/mol. The van der Waals surface area contributed by atoms with E-state index in [1.165, 1.54) is 0 Å². The van der Waals surface area contributed by atoms with Crippen molar-refractivity contribution in [3.63, 3.8) is 0 Å². The van der Waals surface area contributed by atoms with Crippen LogP contribution in [0, 0.1) is 10.1 Å². The van der Waals surface area contributed by atoms with Crippen molar-refractivity contribution < 1.29 is 30.9 Å². The van der Waals surface area contributed by atoms with E-state index in [0.29, 0.717) is 0 Å². The molecule has 15 heteroatoms. The van der Waals surface area contributed by atoms with Gasteiger partial charge in [0.05, 0.1) is 10.6 Å². The van der Waals surface area contributed by atoms with Crippen molar-refractivity contribution in [2.45, 2.75) is 0 Å². The molecule has 11 nitrogen and oxygen atoms in total. The Morgan fingerprint density at radius 1 is 1.05 bits per heavy atom. The van der Waals surface area contributed by atoms with Crippen LogP contribution in [-0.4, -0.2) is 134 Å². The third-order valence-electron chi connectivity index (χ3n) is 1.72. The molecule has 0 aliphatic heterocycles. The summed E-state index contributed by atoms with van der Waals surface area (Å²) in [4.78, 5) is 10.7. The van der Waals surface area contributed by atoms with Crippen molar-refractivity contribution in [3.05, 3.63) is 34.4 Å². The van der Waals surface area contributed by atoms with E-state index >= 15 is 0 Å². The number of rotatable bonds is 5. The van der Waals surface area contributed by atoms with Crippen LogP contribution in [-0.2, 0) is 20.6 Å². The molecule has 0 saturated carbocycles. The van der Waals surface area contributed by atoms with Crippen LogP contribution >= 0.6 is 0 Å². The van der Waals surface area contributed by atoms with Crippen molar-refractivity contribution in [1.29, 1.82) is 0 Å². The molecule has 0 atom stereocenters. The number of nitrogens with zero attached hydrogens (tertiary/aromatic N) is 2. The van der Waals surface area contributed by atoms with Crippen molar-refractivity contribution in [2.24, 2.45) is 0 Å². The molecule has 2 radical (unpaired) electrons. The predicted octanol–water partition coefficient (Wildman–Crippen LogP) is -1.25. The number of benzene rings is 1. The topological polar surface area (TPSA) is 167 Å². The first-order valence-corrected chi connectivity index (χ1v) is 7.11. The Labute approximate surface area is 205 Å². The second-order valence-electron chi connectivity index (χ2n) is 3.08. The first-order chi connectivity index (χ1) is 8.50. The van der Waals surface area contributed by atoms with Crippen molar-refractivity contribution in [1.82, 2.24) is 4.83 Å². The van der Waals surface area contributed by atoms with Gasteiger partial charge in [0.25, 0.3) is 5.69 Å². The second-order valence-corrected chi connectivity index (χ2v) is 5.48. The molecule has 3 N–H and O–H groups in total. The third-order valence-corrected chi connectivity index (χ3v) is 3.02. The fourth-order valence-electron chi connectivity index (χ4n) is 1.05. The quantitative estimate of drug-likeness (QED) is 0.242. The summed E-state index contributed by atoms with van der Waals surface area (Å²) in [6.07, 6.45) is 0. The molecule has 0 bridgehead atoms. The van der Waals surface area contributed by atoms with Gasteiger partial charge in [-0.25, -0.2) is 0 Å². The van der Waals surface area contributed by atoms with Gasteiger partial charge in [-0.15, -0.1) is 0 Å². The van der Waals surface area contributed by atoms with Crippen LogP contribution in [0.2, 0.25) is 0 Å². The maximum atomic E-state index is 10.9. The van der Waals surface area contributed by atoms with Gasteiger partial charge in [0.2, 0.25) is 0 Å². The molecule has 0 fully saturated rings. The number of nitrogens with one attached hydrogen (secondary N) is 1. The van der Waals surface area contributed by atoms with Gasteiger partial charge in [-0.2, -0.15) is 21.2 Å². The molecule has 0 aliphatic rings. The Morgan fingerprint density at radius 3 is 1.76 bits per heavy atom. The van der Waals surface area contributed by atoms with E-state index < -0.39 is 31.2 Å². The second kappa shape index (κ2) is 9.69. The van der Waals surface area contributed by atoms with E-state index in [4.69, 9.17) is 9.11 Å². The minimum atomic E-state index is -5.07. The van der Waals surface area contributed by atoms with Crippen LogP contribution in [0.4, 0.5) is 11.4 Å². The van der Waals surface area contributed by atoms with Gasteiger partial charge in [-0.3, -0.25) is 19.2 Å². The molecule has 0 aliphatic carbocycles. The van der Waals surface area contributed by atoms with E-state index in [2.05, 4.69) is 0 Å². The Bertz CT molecular complexity index is 689. The van der Waals surface area contributed by atoms with Crippen LogP contribution in [0.3, 0.4) is 0 Å². The number of hydrogen-bond donors (Lipinski definition) is 3. The molecule has 0 saturated heterocycles. The summed E-state index contributed by atoms with van der Waals surface area (Å²) in [6.45, 7) is 0. The minimum Gasteiger partial charge on any atom is -0.272 e. The predicted molar refractivity (Wildman–Crippen MR) is 73.3 cm³/mol. The van der Waals surface area contributed by atoms with Crippen LogP contribution in [0.5, 0.6) is 0 Å². The average Bonchev–Trinajstić information content (AvgIpc) is 2.23. The Hall–Kier alpha value is 1.47. The van der Waals surface area contributed by atoms with Crippen LogP contribution in [0.25, 0.3) is 0 Å².